The van der Waals surface area contributed by atoms with Crippen LogP contribution in [0.3, 0.4) is 0 Å². The highest BCUT2D eigenvalue weighted by Gasteiger charge is 2.79. The third kappa shape index (κ3) is 1.84. The minimum Gasteiger partial charge on any atom is -0.366 e. The molecule has 0 unspecified atom stereocenters. The summed E-state index contributed by atoms with van der Waals surface area (Å²) in [6.45, 7) is 0. The maximum atomic E-state index is 10.2. The van der Waals surface area contributed by atoms with Gasteiger partial charge in [-0.05, 0) is 0 Å². The van der Waals surface area contributed by atoms with E-state index in [-0.39, 0.29) is 0 Å². The molecule has 120 valence electrons. The molecule has 2 atom stereocenters. The molecule has 0 spiro atoms. The first-order chi connectivity index (χ1) is 9.39. The Labute approximate surface area is 116 Å². The highest BCUT2D eigenvalue weighted by Crippen LogP contribution is 2.47. The van der Waals surface area contributed by atoms with E-state index < -0.39 is 35.7 Å². The SMILES string of the molecule is OC(O)[C@H]1O[C@](O)(n2ccnc2)C(O)(O)C(O)(O)C1(O)O. The predicted molar refractivity (Wildman–Crippen MR) is 57.0 cm³/mol. The number of hydrogen-bond acceptors (Lipinski definition) is 11. The van der Waals surface area contributed by atoms with Crippen molar-refractivity contribution >= 4 is 0 Å². The Bertz CT molecular complexity index is 513. The first kappa shape index (κ1) is 16.2. The van der Waals surface area contributed by atoms with Crippen molar-refractivity contribution in [2.24, 2.45) is 0 Å². The van der Waals surface area contributed by atoms with E-state index in [4.69, 9.17) is 10.2 Å². The molecule has 12 nitrogen and oxygen atoms in total. The summed E-state index contributed by atoms with van der Waals surface area (Å²) in [7, 11) is 0. The molecule has 0 amide bonds. The summed E-state index contributed by atoms with van der Waals surface area (Å²) >= 11 is 0. The second kappa shape index (κ2) is 4.40. The zero-order chi connectivity index (χ0) is 16.3. The summed E-state index contributed by atoms with van der Waals surface area (Å²) in [6, 6.07) is 0. The van der Waals surface area contributed by atoms with Gasteiger partial charge >= 0.3 is 11.7 Å². The minimum atomic E-state index is -4.24. The van der Waals surface area contributed by atoms with E-state index in [0.717, 1.165) is 18.7 Å². The highest BCUT2D eigenvalue weighted by atomic mass is 16.8. The van der Waals surface area contributed by atoms with E-state index in [1.165, 1.54) is 0 Å². The van der Waals surface area contributed by atoms with Gasteiger partial charge in [-0.1, -0.05) is 0 Å². The largest absolute Gasteiger partial charge is 0.366 e. The molecular formula is C9H14N2O10. The minimum absolute atomic E-state index is 0.429. The Morgan fingerprint density at radius 1 is 1.00 bits per heavy atom. The van der Waals surface area contributed by atoms with Gasteiger partial charge in [-0.15, -0.1) is 0 Å². The zero-order valence-corrected chi connectivity index (χ0v) is 10.2. The maximum Gasteiger partial charge on any atom is 0.317 e. The third-order valence-corrected chi connectivity index (χ3v) is 3.27. The molecule has 0 aromatic carbocycles. The first-order valence-electron chi connectivity index (χ1n) is 5.48. The quantitative estimate of drug-likeness (QED) is 0.235. The molecule has 1 aromatic rings. The van der Waals surface area contributed by atoms with Crippen LogP contribution in [0.25, 0.3) is 0 Å². The molecule has 1 aliphatic rings. The van der Waals surface area contributed by atoms with Crippen LogP contribution in [0.15, 0.2) is 18.7 Å². The molecule has 9 N–H and O–H groups in total. The number of aromatic nitrogens is 2. The molecule has 1 saturated heterocycles. The van der Waals surface area contributed by atoms with Gasteiger partial charge in [0.15, 0.2) is 12.4 Å². The second-order valence-corrected chi connectivity index (χ2v) is 4.60. The molecule has 0 saturated carbocycles. The number of imidazole rings is 1. The summed E-state index contributed by atoms with van der Waals surface area (Å²) in [5.74, 6) is -15.7. The normalized spacial score (nSPS) is 34.1. The number of aliphatic hydroxyl groups is 9. The summed E-state index contributed by atoms with van der Waals surface area (Å²) in [6.07, 6.45) is -2.67. The van der Waals surface area contributed by atoms with E-state index in [0.29, 0.717) is 4.57 Å². The van der Waals surface area contributed by atoms with Crippen LogP contribution in [-0.4, -0.2) is 85.3 Å². The van der Waals surface area contributed by atoms with Crippen molar-refractivity contribution in [3.63, 3.8) is 0 Å². The van der Waals surface area contributed by atoms with Gasteiger partial charge in [-0.25, -0.2) is 4.98 Å². The Hall–Kier alpha value is -1.19. The van der Waals surface area contributed by atoms with Crippen LogP contribution in [-0.2, 0) is 10.6 Å². The standard InChI is InChI=1S/C9H14N2O10/c12-5(13)4-6(14,15)7(16,17)8(18,19)9(20,21-4)11-2-1-10-3-11/h1-5,12-20H/t4-,9+/m1/s1. The van der Waals surface area contributed by atoms with Crippen molar-refractivity contribution < 1.29 is 50.7 Å². The van der Waals surface area contributed by atoms with Crippen LogP contribution in [0.5, 0.6) is 0 Å². The van der Waals surface area contributed by atoms with Crippen molar-refractivity contribution in [2.45, 2.75) is 35.7 Å². The fourth-order valence-corrected chi connectivity index (χ4v) is 1.97. The summed E-state index contributed by atoms with van der Waals surface area (Å²) in [4.78, 5) is 3.45. The Balaban J connectivity index is 2.64. The molecule has 0 bridgehead atoms. The number of hydrogen-bond donors (Lipinski definition) is 9. The van der Waals surface area contributed by atoms with Gasteiger partial charge in [0.2, 0.25) is 0 Å². The number of ether oxygens (including phenoxy) is 1. The van der Waals surface area contributed by atoms with Crippen molar-refractivity contribution in [3.05, 3.63) is 18.7 Å². The fourth-order valence-electron chi connectivity index (χ4n) is 1.97. The van der Waals surface area contributed by atoms with Crippen LogP contribution >= 0.6 is 0 Å². The summed E-state index contributed by atoms with van der Waals surface area (Å²) < 4.78 is 4.93. The smallest absolute Gasteiger partial charge is 0.317 e. The lowest BCUT2D eigenvalue weighted by Crippen LogP contribution is -2.85. The van der Waals surface area contributed by atoms with Gasteiger partial charge in [0.1, 0.15) is 0 Å². The average molecular weight is 310 g/mol. The predicted octanol–water partition coefficient (Wildman–Crippen LogP) is -5.76. The first-order valence-corrected chi connectivity index (χ1v) is 5.48. The van der Waals surface area contributed by atoms with Gasteiger partial charge in [0.05, 0.1) is 6.33 Å². The van der Waals surface area contributed by atoms with Gasteiger partial charge in [-0.3, -0.25) is 4.57 Å². The molecule has 0 radical (unpaired) electrons. The van der Waals surface area contributed by atoms with E-state index in [9.17, 15) is 35.7 Å². The highest BCUT2D eigenvalue weighted by molar-refractivity contribution is 5.08. The zero-order valence-electron chi connectivity index (χ0n) is 10.2. The van der Waals surface area contributed by atoms with Gasteiger partial charge in [-0.2, -0.15) is 0 Å². The molecule has 21 heavy (non-hydrogen) atoms. The van der Waals surface area contributed by atoms with Crippen LogP contribution in [0.2, 0.25) is 0 Å². The molecule has 1 fully saturated rings. The van der Waals surface area contributed by atoms with Crippen molar-refractivity contribution in [3.8, 4) is 0 Å². The number of rotatable bonds is 2. The molecule has 2 heterocycles. The Morgan fingerprint density at radius 2 is 1.57 bits per heavy atom. The Kier molecular flexibility index (Phi) is 3.39. The van der Waals surface area contributed by atoms with Crippen molar-refractivity contribution in [1.29, 1.82) is 0 Å². The van der Waals surface area contributed by atoms with E-state index in [1.807, 2.05) is 0 Å². The van der Waals surface area contributed by atoms with E-state index in [1.54, 1.807) is 0 Å². The van der Waals surface area contributed by atoms with E-state index in [2.05, 4.69) is 9.72 Å². The Morgan fingerprint density at radius 3 is 2.00 bits per heavy atom. The number of aliphatic hydroxyl groups excluding tert-OH is 1. The molecular weight excluding hydrogens is 296 g/mol. The second-order valence-electron chi connectivity index (χ2n) is 4.60. The molecule has 1 aromatic heterocycles. The average Bonchev–Trinajstić information content (AvgIpc) is 2.87. The van der Waals surface area contributed by atoms with Gasteiger partial charge in [0, 0.05) is 12.4 Å². The van der Waals surface area contributed by atoms with Crippen LogP contribution in [0, 0.1) is 0 Å². The van der Waals surface area contributed by atoms with E-state index >= 15 is 0 Å². The topological polar surface area (TPSA) is 209 Å². The fraction of sp³-hybridized carbons (Fsp3) is 0.667. The van der Waals surface area contributed by atoms with Gasteiger partial charge in [0.25, 0.3) is 11.6 Å². The number of nitrogens with zero attached hydrogens (tertiary/aromatic N) is 2. The lowest BCUT2D eigenvalue weighted by atomic mass is 9.85. The lowest BCUT2D eigenvalue weighted by molar-refractivity contribution is -0.590. The molecule has 2 rings (SSSR count). The molecule has 12 heteroatoms. The summed E-state index contributed by atoms with van der Waals surface area (Å²) in [5.41, 5.74) is 0. The summed E-state index contributed by atoms with van der Waals surface area (Å²) in [5, 5.41) is 86.2. The van der Waals surface area contributed by atoms with Crippen molar-refractivity contribution in [2.75, 3.05) is 0 Å². The van der Waals surface area contributed by atoms with Crippen LogP contribution in [0.4, 0.5) is 0 Å². The van der Waals surface area contributed by atoms with Crippen LogP contribution in [0.1, 0.15) is 0 Å². The van der Waals surface area contributed by atoms with Crippen molar-refractivity contribution in [1.82, 2.24) is 9.55 Å². The molecule has 0 aliphatic carbocycles. The third-order valence-electron chi connectivity index (χ3n) is 3.27. The lowest BCUT2D eigenvalue weighted by Gasteiger charge is -2.56. The van der Waals surface area contributed by atoms with Crippen LogP contribution < -0.4 is 0 Å². The molecule has 1 aliphatic heterocycles. The monoisotopic (exact) mass is 310 g/mol. The van der Waals surface area contributed by atoms with Gasteiger partial charge < -0.3 is 50.7 Å². The maximum absolute atomic E-state index is 10.2.